The van der Waals surface area contributed by atoms with Crippen LogP contribution in [0, 0.1) is 0 Å². The highest BCUT2D eigenvalue weighted by Crippen LogP contribution is 2.15. The number of nitrogens with zero attached hydrogens (tertiary/aromatic N) is 3. The van der Waals surface area contributed by atoms with E-state index in [9.17, 15) is 4.79 Å². The molecule has 0 aliphatic carbocycles. The Morgan fingerprint density at radius 1 is 1.29 bits per heavy atom. The lowest BCUT2D eigenvalue weighted by molar-refractivity contribution is -0.118. The molecule has 24 heavy (non-hydrogen) atoms. The molecule has 0 fully saturated rings. The minimum Gasteiger partial charge on any atom is -0.355 e. The molecule has 130 valence electrons. The lowest BCUT2D eigenvalue weighted by Crippen LogP contribution is -2.27. The van der Waals surface area contributed by atoms with Crippen LogP contribution >= 0.6 is 23.4 Å². The fraction of sp³-hybridized carbons (Fsp3) is 0.471. The van der Waals surface area contributed by atoms with Gasteiger partial charge in [-0.15, -0.1) is 10.2 Å². The van der Waals surface area contributed by atoms with Crippen LogP contribution in [0.4, 0.5) is 0 Å². The van der Waals surface area contributed by atoms with Crippen molar-refractivity contribution in [3.05, 3.63) is 41.2 Å². The number of halogens is 1. The highest BCUT2D eigenvalue weighted by atomic mass is 35.5. The number of thioether (sulfide) groups is 1. The van der Waals surface area contributed by atoms with Crippen LogP contribution in [0.25, 0.3) is 0 Å². The Morgan fingerprint density at radius 2 is 2.08 bits per heavy atom. The van der Waals surface area contributed by atoms with Gasteiger partial charge in [0.05, 0.1) is 5.75 Å². The number of aromatic nitrogens is 3. The maximum Gasteiger partial charge on any atom is 0.230 e. The molecule has 1 aromatic carbocycles. The first-order chi connectivity index (χ1) is 11.7. The largest absolute Gasteiger partial charge is 0.355 e. The number of benzene rings is 1. The molecule has 1 aromatic heterocycles. The maximum atomic E-state index is 11.9. The fourth-order valence-corrected chi connectivity index (χ4v) is 3.12. The van der Waals surface area contributed by atoms with Crippen LogP contribution in [0.2, 0.25) is 5.02 Å². The standard InChI is InChI=1S/C17H23ClN4OS/c1-2-3-4-11-22-13-20-21-17(22)24-12-16(23)19-10-9-14-5-7-15(18)8-6-14/h5-8,13H,2-4,9-12H2,1H3,(H,19,23). The second kappa shape index (κ2) is 10.4. The van der Waals surface area contributed by atoms with E-state index in [1.807, 2.05) is 28.8 Å². The van der Waals surface area contributed by atoms with Crippen molar-refractivity contribution in [1.29, 1.82) is 0 Å². The molecule has 2 rings (SSSR count). The predicted octanol–water partition coefficient (Wildman–Crippen LogP) is 3.57. The van der Waals surface area contributed by atoms with Gasteiger partial charge in [0.2, 0.25) is 5.91 Å². The molecule has 0 unspecified atom stereocenters. The van der Waals surface area contributed by atoms with E-state index in [2.05, 4.69) is 22.4 Å². The fourth-order valence-electron chi connectivity index (χ4n) is 2.22. The van der Waals surface area contributed by atoms with Gasteiger partial charge in [-0.05, 0) is 30.5 Å². The van der Waals surface area contributed by atoms with Gasteiger partial charge in [0.1, 0.15) is 6.33 Å². The van der Waals surface area contributed by atoms with Crippen molar-refractivity contribution in [3.8, 4) is 0 Å². The summed E-state index contributed by atoms with van der Waals surface area (Å²) in [5, 5.41) is 12.5. The van der Waals surface area contributed by atoms with Crippen LogP contribution in [0.5, 0.6) is 0 Å². The quantitative estimate of drug-likeness (QED) is 0.515. The van der Waals surface area contributed by atoms with Crippen molar-refractivity contribution in [2.45, 2.75) is 44.3 Å². The van der Waals surface area contributed by atoms with E-state index in [0.717, 1.165) is 35.1 Å². The molecule has 0 radical (unpaired) electrons. The number of carbonyl (C=O) groups excluding carboxylic acids is 1. The first kappa shape index (κ1) is 18.8. The molecular formula is C17H23ClN4OS. The van der Waals surface area contributed by atoms with E-state index in [0.29, 0.717) is 12.3 Å². The van der Waals surface area contributed by atoms with Crippen LogP contribution in [-0.2, 0) is 17.8 Å². The van der Waals surface area contributed by atoms with Gasteiger partial charge in [-0.1, -0.05) is 55.3 Å². The van der Waals surface area contributed by atoms with E-state index in [-0.39, 0.29) is 5.91 Å². The zero-order valence-electron chi connectivity index (χ0n) is 13.9. The van der Waals surface area contributed by atoms with Crippen molar-refractivity contribution < 1.29 is 4.79 Å². The van der Waals surface area contributed by atoms with Gasteiger partial charge in [0, 0.05) is 18.1 Å². The van der Waals surface area contributed by atoms with Crippen molar-refractivity contribution in [3.63, 3.8) is 0 Å². The molecule has 2 aromatic rings. The number of aryl methyl sites for hydroxylation is 1. The van der Waals surface area contributed by atoms with Gasteiger partial charge in [0.15, 0.2) is 5.16 Å². The second-order valence-electron chi connectivity index (χ2n) is 5.53. The summed E-state index contributed by atoms with van der Waals surface area (Å²) in [5.74, 6) is 0.365. The molecule has 1 N–H and O–H groups in total. The molecule has 0 aliphatic rings. The van der Waals surface area contributed by atoms with Gasteiger partial charge in [-0.2, -0.15) is 0 Å². The number of amides is 1. The van der Waals surface area contributed by atoms with Crippen molar-refractivity contribution in [2.24, 2.45) is 0 Å². The number of nitrogens with one attached hydrogen (secondary N) is 1. The average molecular weight is 367 g/mol. The molecule has 5 nitrogen and oxygen atoms in total. The molecule has 0 atom stereocenters. The molecule has 0 aliphatic heterocycles. The Balaban J connectivity index is 1.67. The third-order valence-electron chi connectivity index (χ3n) is 3.56. The van der Waals surface area contributed by atoms with Crippen LogP contribution in [0.1, 0.15) is 31.7 Å². The number of hydrogen-bond acceptors (Lipinski definition) is 4. The summed E-state index contributed by atoms with van der Waals surface area (Å²) >= 11 is 7.28. The topological polar surface area (TPSA) is 59.8 Å². The summed E-state index contributed by atoms with van der Waals surface area (Å²) in [5.41, 5.74) is 1.16. The summed E-state index contributed by atoms with van der Waals surface area (Å²) in [4.78, 5) is 11.9. The van der Waals surface area contributed by atoms with E-state index < -0.39 is 0 Å². The highest BCUT2D eigenvalue weighted by molar-refractivity contribution is 7.99. The molecule has 0 saturated heterocycles. The molecule has 7 heteroatoms. The molecule has 0 bridgehead atoms. The summed E-state index contributed by atoms with van der Waals surface area (Å²) in [7, 11) is 0. The van der Waals surface area contributed by atoms with Crippen LogP contribution in [0.3, 0.4) is 0 Å². The SMILES string of the molecule is CCCCCn1cnnc1SCC(=O)NCCc1ccc(Cl)cc1. The first-order valence-corrected chi connectivity index (χ1v) is 9.57. The minimum atomic E-state index is 0.0112. The number of carbonyl (C=O) groups is 1. The average Bonchev–Trinajstić information content (AvgIpc) is 3.02. The second-order valence-corrected chi connectivity index (χ2v) is 6.91. The summed E-state index contributed by atoms with van der Waals surface area (Å²) in [6, 6.07) is 7.67. The molecule has 0 saturated carbocycles. The zero-order chi connectivity index (χ0) is 17.2. The van der Waals surface area contributed by atoms with Crippen LogP contribution < -0.4 is 5.32 Å². The van der Waals surface area contributed by atoms with E-state index in [1.54, 1.807) is 6.33 Å². The number of rotatable bonds is 10. The van der Waals surface area contributed by atoms with Gasteiger partial charge < -0.3 is 9.88 Å². The summed E-state index contributed by atoms with van der Waals surface area (Å²) in [6.45, 7) is 3.70. The summed E-state index contributed by atoms with van der Waals surface area (Å²) in [6.07, 6.45) is 6.00. The third kappa shape index (κ3) is 6.53. The Labute approximate surface area is 152 Å². The van der Waals surface area contributed by atoms with Gasteiger partial charge in [0.25, 0.3) is 0 Å². The maximum absolute atomic E-state index is 11.9. The van der Waals surface area contributed by atoms with Crippen molar-refractivity contribution >= 4 is 29.3 Å². The number of hydrogen-bond donors (Lipinski definition) is 1. The lowest BCUT2D eigenvalue weighted by Gasteiger charge is -2.07. The smallest absolute Gasteiger partial charge is 0.230 e. The van der Waals surface area contributed by atoms with Gasteiger partial charge in [-0.3, -0.25) is 4.79 Å². The van der Waals surface area contributed by atoms with E-state index in [4.69, 9.17) is 11.6 Å². The van der Waals surface area contributed by atoms with Gasteiger partial charge in [-0.25, -0.2) is 0 Å². The predicted molar refractivity (Wildman–Crippen MR) is 98.4 cm³/mol. The first-order valence-electron chi connectivity index (χ1n) is 8.20. The minimum absolute atomic E-state index is 0.0112. The van der Waals surface area contributed by atoms with Crippen molar-refractivity contribution in [2.75, 3.05) is 12.3 Å². The molecule has 1 amide bonds. The van der Waals surface area contributed by atoms with E-state index >= 15 is 0 Å². The number of unbranched alkanes of at least 4 members (excludes halogenated alkanes) is 2. The summed E-state index contributed by atoms with van der Waals surface area (Å²) < 4.78 is 2.02. The Morgan fingerprint density at radius 3 is 2.83 bits per heavy atom. The normalized spacial score (nSPS) is 10.8. The van der Waals surface area contributed by atoms with Crippen LogP contribution in [-0.4, -0.2) is 33.0 Å². The molecule has 0 spiro atoms. The molecule has 1 heterocycles. The molecular weight excluding hydrogens is 344 g/mol. The Bertz CT molecular complexity index is 630. The van der Waals surface area contributed by atoms with Crippen LogP contribution in [0.15, 0.2) is 35.7 Å². The zero-order valence-corrected chi connectivity index (χ0v) is 15.4. The third-order valence-corrected chi connectivity index (χ3v) is 4.80. The lowest BCUT2D eigenvalue weighted by atomic mass is 10.1. The highest BCUT2D eigenvalue weighted by Gasteiger charge is 2.08. The monoisotopic (exact) mass is 366 g/mol. The van der Waals surface area contributed by atoms with Gasteiger partial charge >= 0.3 is 0 Å². The van der Waals surface area contributed by atoms with Crippen molar-refractivity contribution in [1.82, 2.24) is 20.1 Å². The van der Waals surface area contributed by atoms with E-state index in [1.165, 1.54) is 24.6 Å². The Hall–Kier alpha value is -1.53. The Kier molecular flexibility index (Phi) is 8.12.